The molecule has 1 N–H and O–H groups in total. The topological polar surface area (TPSA) is 66.3 Å². The summed E-state index contributed by atoms with van der Waals surface area (Å²) >= 11 is 0. The molecule has 1 aromatic heterocycles. The van der Waals surface area contributed by atoms with Crippen molar-refractivity contribution in [1.29, 1.82) is 0 Å². The second-order valence-corrected chi connectivity index (χ2v) is 7.77. The second-order valence-electron chi connectivity index (χ2n) is 7.77. The molecule has 1 amide bonds. The van der Waals surface area contributed by atoms with E-state index in [2.05, 4.69) is 30.7 Å². The van der Waals surface area contributed by atoms with Crippen LogP contribution in [-0.4, -0.2) is 45.1 Å². The first-order chi connectivity index (χ1) is 11.8. The number of nitrogens with zero attached hydrogens (tertiary/aromatic N) is 3. The van der Waals surface area contributed by atoms with Gasteiger partial charge in [0.05, 0.1) is 11.8 Å². The number of β-amino-alcohol motifs (C(OH)–C–C–N with tert-alkyl or cyclic N) is 1. The van der Waals surface area contributed by atoms with Crippen molar-refractivity contribution in [2.45, 2.75) is 38.7 Å². The molecule has 1 saturated heterocycles. The minimum atomic E-state index is -0.528. The van der Waals surface area contributed by atoms with Crippen LogP contribution in [0.15, 0.2) is 42.9 Å². The SMILES string of the molecule is CC(C)(C)c1ccc(C(=O)N2C[C@@H](Cc3cnccn3)[C@H](O)C2)cc1. The van der Waals surface area contributed by atoms with Crippen LogP contribution >= 0.6 is 0 Å². The first-order valence-corrected chi connectivity index (χ1v) is 8.67. The van der Waals surface area contributed by atoms with Crippen LogP contribution in [-0.2, 0) is 11.8 Å². The molecule has 2 heterocycles. The summed E-state index contributed by atoms with van der Waals surface area (Å²) in [5.74, 6) is -0.0318. The van der Waals surface area contributed by atoms with Crippen LogP contribution in [0.1, 0.15) is 42.4 Å². The lowest BCUT2D eigenvalue weighted by Crippen LogP contribution is -2.29. The number of likely N-dealkylation sites (tertiary alicyclic amines) is 1. The number of hydrogen-bond acceptors (Lipinski definition) is 4. The van der Waals surface area contributed by atoms with Crippen LogP contribution < -0.4 is 0 Å². The van der Waals surface area contributed by atoms with Crippen LogP contribution in [0.5, 0.6) is 0 Å². The van der Waals surface area contributed by atoms with Crippen molar-refractivity contribution in [1.82, 2.24) is 14.9 Å². The molecule has 0 spiro atoms. The second kappa shape index (κ2) is 6.92. The lowest BCUT2D eigenvalue weighted by Gasteiger charge is -2.20. The Morgan fingerprint density at radius 2 is 1.92 bits per heavy atom. The van der Waals surface area contributed by atoms with Gasteiger partial charge in [-0.3, -0.25) is 14.8 Å². The van der Waals surface area contributed by atoms with Gasteiger partial charge < -0.3 is 10.0 Å². The molecular formula is C20H25N3O2. The molecule has 132 valence electrons. The van der Waals surface area contributed by atoms with Crippen molar-refractivity contribution in [3.63, 3.8) is 0 Å². The first-order valence-electron chi connectivity index (χ1n) is 8.67. The molecule has 0 saturated carbocycles. The van der Waals surface area contributed by atoms with E-state index in [0.717, 1.165) is 5.69 Å². The summed E-state index contributed by atoms with van der Waals surface area (Å²) in [4.78, 5) is 22.8. The summed E-state index contributed by atoms with van der Waals surface area (Å²) in [5, 5.41) is 10.3. The van der Waals surface area contributed by atoms with E-state index in [1.54, 1.807) is 23.5 Å². The Kier molecular flexibility index (Phi) is 4.86. The van der Waals surface area contributed by atoms with Gasteiger partial charge in [-0.05, 0) is 29.5 Å². The Morgan fingerprint density at radius 1 is 1.20 bits per heavy atom. The highest BCUT2D eigenvalue weighted by Crippen LogP contribution is 2.25. The van der Waals surface area contributed by atoms with Gasteiger partial charge in [0.2, 0.25) is 0 Å². The zero-order chi connectivity index (χ0) is 18.0. The van der Waals surface area contributed by atoms with Gasteiger partial charge in [0.25, 0.3) is 5.91 Å². The number of amides is 1. The van der Waals surface area contributed by atoms with E-state index < -0.39 is 6.10 Å². The van der Waals surface area contributed by atoms with Crippen LogP contribution in [0.2, 0.25) is 0 Å². The molecule has 1 aromatic carbocycles. The van der Waals surface area contributed by atoms with E-state index in [4.69, 9.17) is 0 Å². The van der Waals surface area contributed by atoms with E-state index in [1.807, 2.05) is 24.3 Å². The quantitative estimate of drug-likeness (QED) is 0.933. The van der Waals surface area contributed by atoms with Crippen molar-refractivity contribution >= 4 is 5.91 Å². The van der Waals surface area contributed by atoms with E-state index >= 15 is 0 Å². The fraction of sp³-hybridized carbons (Fsp3) is 0.450. The van der Waals surface area contributed by atoms with Gasteiger partial charge in [0, 0.05) is 43.2 Å². The third kappa shape index (κ3) is 4.04. The predicted octanol–water partition coefficient (Wildman–Crippen LogP) is 2.45. The van der Waals surface area contributed by atoms with Gasteiger partial charge in [-0.25, -0.2) is 0 Å². The molecule has 0 aliphatic carbocycles. The first kappa shape index (κ1) is 17.5. The number of aliphatic hydroxyl groups excluding tert-OH is 1. The minimum absolute atomic E-state index is 0.00509. The maximum Gasteiger partial charge on any atom is 0.253 e. The largest absolute Gasteiger partial charge is 0.391 e. The number of carbonyl (C=O) groups excluding carboxylic acids is 1. The minimum Gasteiger partial charge on any atom is -0.391 e. The Morgan fingerprint density at radius 3 is 2.52 bits per heavy atom. The Hall–Kier alpha value is -2.27. The molecule has 2 aromatic rings. The van der Waals surface area contributed by atoms with Crippen LogP contribution in [0.4, 0.5) is 0 Å². The number of carbonyl (C=O) groups is 1. The van der Waals surface area contributed by atoms with E-state index in [1.165, 1.54) is 5.56 Å². The summed E-state index contributed by atoms with van der Waals surface area (Å²) < 4.78 is 0. The van der Waals surface area contributed by atoms with Gasteiger partial charge in [-0.15, -0.1) is 0 Å². The van der Waals surface area contributed by atoms with E-state index in [-0.39, 0.29) is 17.2 Å². The molecule has 0 radical (unpaired) electrons. The molecular weight excluding hydrogens is 314 g/mol. The highest BCUT2D eigenvalue weighted by atomic mass is 16.3. The molecule has 0 unspecified atom stereocenters. The maximum absolute atomic E-state index is 12.7. The van der Waals surface area contributed by atoms with Crippen molar-refractivity contribution in [2.24, 2.45) is 5.92 Å². The standard InChI is InChI=1S/C20H25N3O2/c1-20(2,3)16-6-4-14(5-7-16)19(25)23-12-15(18(24)13-23)10-17-11-21-8-9-22-17/h4-9,11,15,18,24H,10,12-13H2,1-3H3/t15-,18-/m1/s1. The van der Waals surface area contributed by atoms with Crippen LogP contribution in [0.3, 0.4) is 0 Å². The maximum atomic E-state index is 12.7. The van der Waals surface area contributed by atoms with Gasteiger partial charge in [-0.1, -0.05) is 32.9 Å². The van der Waals surface area contributed by atoms with Crippen molar-refractivity contribution in [3.8, 4) is 0 Å². The lowest BCUT2D eigenvalue weighted by molar-refractivity contribution is 0.0764. The average Bonchev–Trinajstić information content (AvgIpc) is 2.95. The zero-order valence-electron chi connectivity index (χ0n) is 15.0. The van der Waals surface area contributed by atoms with Crippen molar-refractivity contribution in [2.75, 3.05) is 13.1 Å². The summed E-state index contributed by atoms with van der Waals surface area (Å²) in [6.45, 7) is 7.36. The Labute approximate surface area is 148 Å². The van der Waals surface area contributed by atoms with Crippen LogP contribution in [0, 0.1) is 5.92 Å². The highest BCUT2D eigenvalue weighted by Gasteiger charge is 2.34. The number of benzene rings is 1. The molecule has 1 aliphatic rings. The average molecular weight is 339 g/mol. The number of rotatable bonds is 3. The third-order valence-corrected chi connectivity index (χ3v) is 4.78. The molecule has 2 atom stereocenters. The van der Waals surface area contributed by atoms with E-state index in [0.29, 0.717) is 25.1 Å². The lowest BCUT2D eigenvalue weighted by atomic mass is 9.86. The summed E-state index contributed by atoms with van der Waals surface area (Å²) in [7, 11) is 0. The smallest absolute Gasteiger partial charge is 0.253 e. The normalized spacial score (nSPS) is 20.7. The molecule has 1 fully saturated rings. The van der Waals surface area contributed by atoms with Gasteiger partial charge in [-0.2, -0.15) is 0 Å². The molecule has 5 nitrogen and oxygen atoms in total. The zero-order valence-corrected chi connectivity index (χ0v) is 15.0. The molecule has 1 aliphatic heterocycles. The fourth-order valence-electron chi connectivity index (χ4n) is 3.22. The van der Waals surface area contributed by atoms with Crippen molar-refractivity contribution in [3.05, 3.63) is 59.7 Å². The van der Waals surface area contributed by atoms with Gasteiger partial charge in [0.1, 0.15) is 0 Å². The summed E-state index contributed by atoms with van der Waals surface area (Å²) in [6.07, 6.45) is 5.09. The fourth-order valence-corrected chi connectivity index (χ4v) is 3.22. The van der Waals surface area contributed by atoms with Gasteiger partial charge >= 0.3 is 0 Å². The molecule has 25 heavy (non-hydrogen) atoms. The van der Waals surface area contributed by atoms with Crippen molar-refractivity contribution < 1.29 is 9.90 Å². The number of hydrogen-bond donors (Lipinski definition) is 1. The highest BCUT2D eigenvalue weighted by molar-refractivity contribution is 5.94. The van der Waals surface area contributed by atoms with E-state index in [9.17, 15) is 9.90 Å². The third-order valence-electron chi connectivity index (χ3n) is 4.78. The number of aromatic nitrogens is 2. The Bertz CT molecular complexity index is 723. The van der Waals surface area contributed by atoms with Gasteiger partial charge in [0.15, 0.2) is 0 Å². The molecule has 5 heteroatoms. The summed E-state index contributed by atoms with van der Waals surface area (Å²) in [5.41, 5.74) is 2.77. The molecule has 0 bridgehead atoms. The predicted molar refractivity (Wildman–Crippen MR) is 96.3 cm³/mol. The molecule has 3 rings (SSSR count). The monoisotopic (exact) mass is 339 g/mol. The number of aliphatic hydroxyl groups is 1. The summed E-state index contributed by atoms with van der Waals surface area (Å²) in [6, 6.07) is 7.78. The Balaban J connectivity index is 1.67. The van der Waals surface area contributed by atoms with Crippen LogP contribution in [0.25, 0.3) is 0 Å².